The lowest BCUT2D eigenvalue weighted by Gasteiger charge is -2.03. The van der Waals surface area contributed by atoms with Gasteiger partial charge >= 0.3 is 0 Å². The average molecular weight is 423 g/mol. The maximum atomic E-state index is 11.4. The molecule has 0 atom stereocenters. The fourth-order valence-corrected chi connectivity index (χ4v) is 2.34. The predicted molar refractivity (Wildman–Crippen MR) is 132 cm³/mol. The molecule has 0 fully saturated rings. The van der Waals surface area contributed by atoms with Crippen molar-refractivity contribution in [2.24, 2.45) is 0 Å². The summed E-state index contributed by atoms with van der Waals surface area (Å²) >= 11 is 0. The number of carbonyl (C=O) groups is 2. The molecular weight excluding hydrogens is 379 g/mol. The molecule has 166 valence electrons. The van der Waals surface area contributed by atoms with Gasteiger partial charge in [0.25, 0.3) is 0 Å². The maximum Gasteiger partial charge on any atom is 0.220 e. The molecule has 0 aliphatic rings. The number of benzene rings is 2. The van der Waals surface area contributed by atoms with Gasteiger partial charge in [0, 0.05) is 11.1 Å². The molecule has 0 radical (unpaired) electrons. The Bertz CT molecular complexity index is 644. The van der Waals surface area contributed by atoms with Crippen LogP contribution >= 0.6 is 7.14 Å². The van der Waals surface area contributed by atoms with Crippen LogP contribution in [0.3, 0.4) is 0 Å². The SMILES string of the molecule is CC.CC.CC.CC.CC(=O)c1ccccc1.CP(C)(=O)C(=O)c1ccccc1. The van der Waals surface area contributed by atoms with Crippen LogP contribution in [0.15, 0.2) is 60.7 Å². The van der Waals surface area contributed by atoms with Crippen molar-refractivity contribution in [3.63, 3.8) is 0 Å². The van der Waals surface area contributed by atoms with E-state index in [1.807, 2.05) is 91.8 Å². The minimum atomic E-state index is -2.62. The van der Waals surface area contributed by atoms with Gasteiger partial charge in [0.05, 0.1) is 0 Å². The van der Waals surface area contributed by atoms with Crippen molar-refractivity contribution in [2.75, 3.05) is 13.3 Å². The van der Waals surface area contributed by atoms with Crippen molar-refractivity contribution in [3.05, 3.63) is 71.8 Å². The molecule has 3 nitrogen and oxygen atoms in total. The second-order valence-corrected chi connectivity index (χ2v) is 8.05. The van der Waals surface area contributed by atoms with Crippen LogP contribution < -0.4 is 0 Å². The Hall–Kier alpha value is -1.99. The van der Waals surface area contributed by atoms with Gasteiger partial charge in [-0.2, -0.15) is 0 Å². The lowest BCUT2D eigenvalue weighted by atomic mass is 10.2. The van der Waals surface area contributed by atoms with Crippen LogP contribution in [0.4, 0.5) is 0 Å². The number of hydrogen-bond donors (Lipinski definition) is 0. The largest absolute Gasteiger partial charge is 0.316 e. The van der Waals surface area contributed by atoms with Gasteiger partial charge in [-0.15, -0.1) is 0 Å². The van der Waals surface area contributed by atoms with E-state index in [9.17, 15) is 14.2 Å². The maximum absolute atomic E-state index is 11.4. The molecule has 0 unspecified atom stereocenters. The Morgan fingerprint density at radius 2 is 0.862 bits per heavy atom. The lowest BCUT2D eigenvalue weighted by molar-refractivity contribution is 0.101. The second kappa shape index (κ2) is 24.0. The molecule has 0 spiro atoms. The molecule has 0 heterocycles. The first-order valence-corrected chi connectivity index (χ1v) is 13.1. The summed E-state index contributed by atoms with van der Waals surface area (Å²) < 4.78 is 11.4. The monoisotopic (exact) mass is 422 g/mol. The Balaban J connectivity index is -0.000000163. The minimum absolute atomic E-state index is 0.121. The van der Waals surface area contributed by atoms with Crippen LogP contribution in [0.25, 0.3) is 0 Å². The van der Waals surface area contributed by atoms with Crippen molar-refractivity contribution >= 4 is 18.4 Å². The molecule has 0 aliphatic carbocycles. The minimum Gasteiger partial charge on any atom is -0.316 e. The van der Waals surface area contributed by atoms with Crippen molar-refractivity contribution in [1.29, 1.82) is 0 Å². The summed E-state index contributed by atoms with van der Waals surface area (Å²) in [6.45, 7) is 20.5. The van der Waals surface area contributed by atoms with Gasteiger partial charge in [0.2, 0.25) is 5.52 Å². The zero-order valence-corrected chi connectivity index (χ0v) is 21.3. The Morgan fingerprint density at radius 1 is 0.586 bits per heavy atom. The number of carbonyl (C=O) groups excluding carboxylic acids is 2. The first kappa shape index (κ1) is 34.5. The summed E-state index contributed by atoms with van der Waals surface area (Å²) in [7, 11) is -2.62. The standard InChI is InChI=1S/C9H11O2P.C8H8O.4C2H6/c1-12(2,11)9(10)8-6-4-3-5-7-8;1-7(9)8-5-3-2-4-6-8;4*1-2/h3-7H,1-2H3;2-6H,1H3;4*1-2H3. The summed E-state index contributed by atoms with van der Waals surface area (Å²) in [6.07, 6.45) is 0. The summed E-state index contributed by atoms with van der Waals surface area (Å²) in [5.41, 5.74) is 1.06. The fourth-order valence-electron chi connectivity index (χ4n) is 1.56. The molecular formula is C25H43O3P. The van der Waals surface area contributed by atoms with Gasteiger partial charge in [-0.05, 0) is 20.3 Å². The van der Waals surface area contributed by atoms with Gasteiger partial charge in [0.15, 0.2) is 5.78 Å². The van der Waals surface area contributed by atoms with Gasteiger partial charge < -0.3 is 4.57 Å². The quantitative estimate of drug-likeness (QED) is 0.368. The summed E-state index contributed by atoms with van der Waals surface area (Å²) in [6, 6.07) is 18.0. The van der Waals surface area contributed by atoms with Crippen LogP contribution in [-0.2, 0) is 4.57 Å². The van der Waals surface area contributed by atoms with E-state index in [-0.39, 0.29) is 11.3 Å². The number of rotatable bonds is 3. The zero-order valence-electron chi connectivity index (χ0n) is 20.4. The van der Waals surface area contributed by atoms with E-state index in [1.54, 1.807) is 31.2 Å². The van der Waals surface area contributed by atoms with E-state index in [0.29, 0.717) is 5.56 Å². The van der Waals surface area contributed by atoms with Gasteiger partial charge in [-0.3, -0.25) is 9.59 Å². The van der Waals surface area contributed by atoms with Gasteiger partial charge in [0.1, 0.15) is 7.14 Å². The van der Waals surface area contributed by atoms with Crippen LogP contribution in [0.2, 0.25) is 0 Å². The zero-order chi connectivity index (χ0) is 23.9. The molecule has 0 saturated heterocycles. The third-order valence-corrected chi connectivity index (χ3v) is 3.93. The highest BCUT2D eigenvalue weighted by Crippen LogP contribution is 2.39. The third kappa shape index (κ3) is 19.1. The highest BCUT2D eigenvalue weighted by atomic mass is 31.2. The van der Waals surface area contributed by atoms with E-state index in [1.165, 1.54) is 13.3 Å². The van der Waals surface area contributed by atoms with E-state index >= 15 is 0 Å². The van der Waals surface area contributed by atoms with E-state index < -0.39 is 7.14 Å². The van der Waals surface area contributed by atoms with Crippen molar-refractivity contribution < 1.29 is 14.2 Å². The molecule has 29 heavy (non-hydrogen) atoms. The van der Waals surface area contributed by atoms with E-state index in [4.69, 9.17) is 0 Å². The fraction of sp³-hybridized carbons (Fsp3) is 0.440. The van der Waals surface area contributed by atoms with Crippen molar-refractivity contribution in [3.8, 4) is 0 Å². The van der Waals surface area contributed by atoms with E-state index in [2.05, 4.69) is 0 Å². The molecule has 4 heteroatoms. The normalized spacial score (nSPS) is 8.24. The molecule has 0 aromatic heterocycles. The molecule has 0 N–H and O–H groups in total. The summed E-state index contributed by atoms with van der Waals surface area (Å²) in [4.78, 5) is 22.0. The molecule has 2 aromatic carbocycles. The summed E-state index contributed by atoms with van der Waals surface area (Å²) in [5.74, 6) is 0.121. The Morgan fingerprint density at radius 3 is 1.07 bits per heavy atom. The smallest absolute Gasteiger partial charge is 0.220 e. The predicted octanol–water partition coefficient (Wildman–Crippen LogP) is 8.44. The van der Waals surface area contributed by atoms with Gasteiger partial charge in [-0.25, -0.2) is 0 Å². The van der Waals surface area contributed by atoms with Crippen LogP contribution in [0, 0.1) is 0 Å². The highest BCUT2D eigenvalue weighted by molar-refractivity contribution is 7.79. The van der Waals surface area contributed by atoms with Crippen LogP contribution in [0.5, 0.6) is 0 Å². The van der Waals surface area contributed by atoms with Crippen molar-refractivity contribution in [1.82, 2.24) is 0 Å². The summed E-state index contributed by atoms with van der Waals surface area (Å²) in [5, 5.41) is 0. The Kier molecular flexibility index (Phi) is 28.6. The molecule has 0 amide bonds. The van der Waals surface area contributed by atoms with Crippen LogP contribution in [0.1, 0.15) is 83.0 Å². The second-order valence-electron chi connectivity index (χ2n) is 4.94. The van der Waals surface area contributed by atoms with Crippen LogP contribution in [-0.4, -0.2) is 24.6 Å². The number of ketones is 1. The molecule has 2 rings (SSSR count). The van der Waals surface area contributed by atoms with E-state index in [0.717, 1.165) is 5.56 Å². The van der Waals surface area contributed by atoms with Crippen molar-refractivity contribution in [2.45, 2.75) is 62.3 Å². The lowest BCUT2D eigenvalue weighted by Crippen LogP contribution is -1.97. The molecule has 0 aliphatic heterocycles. The first-order chi connectivity index (χ1) is 13.8. The van der Waals surface area contributed by atoms with Gasteiger partial charge in [-0.1, -0.05) is 116 Å². The molecule has 0 saturated carbocycles. The molecule has 2 aromatic rings. The average Bonchev–Trinajstić information content (AvgIpc) is 2.80. The topological polar surface area (TPSA) is 51.2 Å². The highest BCUT2D eigenvalue weighted by Gasteiger charge is 2.20. The number of Topliss-reactive ketones (excluding diaryl/α,β-unsaturated/α-hetero) is 1. The first-order valence-electron chi connectivity index (χ1n) is 10.5. The molecule has 0 bridgehead atoms. The third-order valence-electron chi connectivity index (χ3n) is 2.69. The Labute approximate surface area is 180 Å². The number of hydrogen-bond acceptors (Lipinski definition) is 3.